The van der Waals surface area contributed by atoms with Gasteiger partial charge in [-0.1, -0.05) is 12.8 Å². The van der Waals surface area contributed by atoms with Crippen molar-refractivity contribution in [2.45, 2.75) is 77.4 Å². The Morgan fingerprint density at radius 2 is 1.95 bits per heavy atom. The summed E-state index contributed by atoms with van der Waals surface area (Å²) < 4.78 is 5.45. The van der Waals surface area contributed by atoms with Gasteiger partial charge < -0.3 is 15.4 Å². The molecule has 4 nitrogen and oxygen atoms in total. The second-order valence-corrected chi connectivity index (χ2v) is 7.75. The molecule has 2 rings (SSSR count). The SMILES string of the molecule is CC(C)(C)OC(=O)NC(CC1CCCNC1)C1CCCC1. The molecule has 0 aromatic carbocycles. The third-order valence-electron chi connectivity index (χ3n) is 4.66. The van der Waals surface area contributed by atoms with Gasteiger partial charge in [0.05, 0.1) is 0 Å². The highest BCUT2D eigenvalue weighted by Gasteiger charge is 2.30. The molecular formula is C17H32N2O2. The Labute approximate surface area is 129 Å². The van der Waals surface area contributed by atoms with E-state index in [0.717, 1.165) is 19.5 Å². The third-order valence-corrected chi connectivity index (χ3v) is 4.66. The Balaban J connectivity index is 1.89. The zero-order valence-electron chi connectivity index (χ0n) is 13.9. The summed E-state index contributed by atoms with van der Waals surface area (Å²) >= 11 is 0. The van der Waals surface area contributed by atoms with Gasteiger partial charge in [0.25, 0.3) is 0 Å². The van der Waals surface area contributed by atoms with Crippen molar-refractivity contribution in [1.82, 2.24) is 10.6 Å². The minimum Gasteiger partial charge on any atom is -0.444 e. The predicted octanol–water partition coefficient (Wildman–Crippen LogP) is 3.46. The van der Waals surface area contributed by atoms with Gasteiger partial charge in [-0.3, -0.25) is 0 Å². The topological polar surface area (TPSA) is 50.4 Å². The van der Waals surface area contributed by atoms with E-state index in [0.29, 0.717) is 11.8 Å². The van der Waals surface area contributed by atoms with Crippen LogP contribution in [0.15, 0.2) is 0 Å². The lowest BCUT2D eigenvalue weighted by atomic mass is 9.86. The number of rotatable bonds is 4. The highest BCUT2D eigenvalue weighted by atomic mass is 16.6. The standard InChI is InChI=1S/C17H32N2O2/c1-17(2,3)21-16(20)19-15(14-8-4-5-9-14)11-13-7-6-10-18-12-13/h13-15,18H,4-12H2,1-3H3,(H,19,20). The van der Waals surface area contributed by atoms with Crippen molar-refractivity contribution in [2.75, 3.05) is 13.1 Å². The van der Waals surface area contributed by atoms with Crippen molar-refractivity contribution in [3.8, 4) is 0 Å². The van der Waals surface area contributed by atoms with Gasteiger partial charge in [-0.15, -0.1) is 0 Å². The van der Waals surface area contributed by atoms with Gasteiger partial charge >= 0.3 is 6.09 Å². The second kappa shape index (κ2) is 7.48. The monoisotopic (exact) mass is 296 g/mol. The molecule has 0 spiro atoms. The maximum Gasteiger partial charge on any atom is 0.407 e. The number of hydrogen-bond donors (Lipinski definition) is 2. The van der Waals surface area contributed by atoms with Gasteiger partial charge in [0.1, 0.15) is 5.60 Å². The number of hydrogen-bond acceptors (Lipinski definition) is 3. The van der Waals surface area contributed by atoms with E-state index in [-0.39, 0.29) is 12.1 Å². The third kappa shape index (κ3) is 5.85. The van der Waals surface area contributed by atoms with Crippen molar-refractivity contribution in [1.29, 1.82) is 0 Å². The van der Waals surface area contributed by atoms with Crippen LogP contribution >= 0.6 is 0 Å². The fourth-order valence-corrected chi connectivity index (χ4v) is 3.67. The minimum atomic E-state index is -0.420. The van der Waals surface area contributed by atoms with Gasteiger partial charge in [0.15, 0.2) is 0 Å². The van der Waals surface area contributed by atoms with E-state index in [1.165, 1.54) is 38.5 Å². The Morgan fingerprint density at radius 1 is 1.24 bits per heavy atom. The Bertz CT molecular complexity index is 326. The highest BCUT2D eigenvalue weighted by molar-refractivity contribution is 5.68. The van der Waals surface area contributed by atoms with Gasteiger partial charge in [-0.2, -0.15) is 0 Å². The second-order valence-electron chi connectivity index (χ2n) is 7.75. The molecule has 2 N–H and O–H groups in total. The molecule has 1 saturated carbocycles. The summed E-state index contributed by atoms with van der Waals surface area (Å²) in [6, 6.07) is 0.284. The van der Waals surface area contributed by atoms with Crippen molar-refractivity contribution in [2.24, 2.45) is 11.8 Å². The first-order valence-corrected chi connectivity index (χ1v) is 8.64. The van der Waals surface area contributed by atoms with E-state index in [4.69, 9.17) is 4.74 Å². The van der Waals surface area contributed by atoms with Crippen LogP contribution in [0.3, 0.4) is 0 Å². The molecule has 1 heterocycles. The van der Waals surface area contributed by atoms with Crippen LogP contribution < -0.4 is 10.6 Å². The molecule has 0 bridgehead atoms. The summed E-state index contributed by atoms with van der Waals surface area (Å²) in [5.74, 6) is 1.33. The van der Waals surface area contributed by atoms with Crippen molar-refractivity contribution < 1.29 is 9.53 Å². The smallest absolute Gasteiger partial charge is 0.407 e. The van der Waals surface area contributed by atoms with Crippen LogP contribution in [0, 0.1) is 11.8 Å². The lowest BCUT2D eigenvalue weighted by Crippen LogP contribution is -2.45. The van der Waals surface area contributed by atoms with Gasteiger partial charge in [0, 0.05) is 6.04 Å². The first kappa shape index (κ1) is 16.6. The maximum atomic E-state index is 12.1. The minimum absolute atomic E-state index is 0.247. The number of alkyl carbamates (subject to hydrolysis) is 1. The Kier molecular flexibility index (Phi) is 5.91. The molecule has 0 aromatic heterocycles. The molecule has 1 aliphatic heterocycles. The number of amides is 1. The van der Waals surface area contributed by atoms with Crippen molar-refractivity contribution in [3.63, 3.8) is 0 Å². The molecule has 2 fully saturated rings. The quantitative estimate of drug-likeness (QED) is 0.835. The van der Waals surface area contributed by atoms with Gasteiger partial charge in [-0.25, -0.2) is 4.79 Å². The summed E-state index contributed by atoms with van der Waals surface area (Å²) in [4.78, 5) is 12.1. The summed E-state index contributed by atoms with van der Waals surface area (Å²) in [5, 5.41) is 6.65. The van der Waals surface area contributed by atoms with Gasteiger partial charge in [0.2, 0.25) is 0 Å². The molecular weight excluding hydrogens is 264 g/mol. The first-order chi connectivity index (χ1) is 9.94. The van der Waals surface area contributed by atoms with Crippen LogP contribution in [-0.4, -0.2) is 30.8 Å². The van der Waals surface area contributed by atoms with Crippen molar-refractivity contribution in [3.05, 3.63) is 0 Å². The molecule has 0 aromatic rings. The number of carbonyl (C=O) groups excluding carboxylic acids is 1. The normalized spacial score (nSPS) is 25.6. The number of piperidine rings is 1. The van der Waals surface area contributed by atoms with Crippen LogP contribution in [0.2, 0.25) is 0 Å². The van der Waals surface area contributed by atoms with E-state index in [1.807, 2.05) is 20.8 Å². The summed E-state index contributed by atoms with van der Waals surface area (Å²) in [6.45, 7) is 8.00. The number of ether oxygens (including phenoxy) is 1. The zero-order valence-corrected chi connectivity index (χ0v) is 13.9. The van der Waals surface area contributed by atoms with Gasteiger partial charge in [-0.05, 0) is 77.8 Å². The summed E-state index contributed by atoms with van der Waals surface area (Å²) in [7, 11) is 0. The molecule has 21 heavy (non-hydrogen) atoms. The summed E-state index contributed by atoms with van der Waals surface area (Å²) in [6.07, 6.45) is 8.50. The van der Waals surface area contributed by atoms with E-state index in [1.54, 1.807) is 0 Å². The van der Waals surface area contributed by atoms with E-state index >= 15 is 0 Å². The lowest BCUT2D eigenvalue weighted by molar-refractivity contribution is 0.0474. The molecule has 1 aliphatic carbocycles. The number of nitrogens with one attached hydrogen (secondary N) is 2. The maximum absolute atomic E-state index is 12.1. The Hall–Kier alpha value is -0.770. The number of carbonyl (C=O) groups is 1. The highest BCUT2D eigenvalue weighted by Crippen LogP contribution is 2.31. The van der Waals surface area contributed by atoms with Crippen LogP contribution in [0.1, 0.15) is 65.7 Å². The van der Waals surface area contributed by atoms with E-state index < -0.39 is 5.60 Å². The Morgan fingerprint density at radius 3 is 2.52 bits per heavy atom. The zero-order chi connectivity index (χ0) is 15.3. The molecule has 2 atom stereocenters. The average Bonchev–Trinajstić information content (AvgIpc) is 2.90. The van der Waals surface area contributed by atoms with Crippen LogP contribution in [-0.2, 0) is 4.74 Å². The fraction of sp³-hybridized carbons (Fsp3) is 0.941. The molecule has 4 heteroatoms. The molecule has 2 unspecified atom stereocenters. The summed E-state index contributed by atoms with van der Waals surface area (Å²) in [5.41, 5.74) is -0.420. The average molecular weight is 296 g/mol. The molecule has 1 amide bonds. The lowest BCUT2D eigenvalue weighted by Gasteiger charge is -2.31. The van der Waals surface area contributed by atoms with Crippen LogP contribution in [0.5, 0.6) is 0 Å². The fourth-order valence-electron chi connectivity index (χ4n) is 3.67. The van der Waals surface area contributed by atoms with E-state index in [2.05, 4.69) is 10.6 Å². The molecule has 1 saturated heterocycles. The predicted molar refractivity (Wildman–Crippen MR) is 85.3 cm³/mol. The van der Waals surface area contributed by atoms with Crippen molar-refractivity contribution >= 4 is 6.09 Å². The largest absolute Gasteiger partial charge is 0.444 e. The molecule has 122 valence electrons. The van der Waals surface area contributed by atoms with E-state index in [9.17, 15) is 4.79 Å². The first-order valence-electron chi connectivity index (χ1n) is 8.64. The molecule has 0 radical (unpaired) electrons. The molecule has 2 aliphatic rings. The van der Waals surface area contributed by atoms with Crippen LogP contribution in [0.4, 0.5) is 4.79 Å². The van der Waals surface area contributed by atoms with Crippen LogP contribution in [0.25, 0.3) is 0 Å².